The van der Waals surface area contributed by atoms with E-state index in [4.69, 9.17) is 14.2 Å². The van der Waals surface area contributed by atoms with Crippen LogP contribution >= 0.6 is 0 Å². The van der Waals surface area contributed by atoms with Crippen molar-refractivity contribution in [3.8, 4) is 17.2 Å². The van der Waals surface area contributed by atoms with E-state index in [0.29, 0.717) is 48.7 Å². The van der Waals surface area contributed by atoms with Crippen LogP contribution in [0.3, 0.4) is 0 Å². The third-order valence-corrected chi connectivity index (χ3v) is 4.31. The molecule has 150 valence electrons. The summed E-state index contributed by atoms with van der Waals surface area (Å²) in [5.41, 5.74) is 2.64. The van der Waals surface area contributed by atoms with Crippen LogP contribution in [-0.4, -0.2) is 33.0 Å². The number of benzene rings is 2. The lowest BCUT2D eigenvalue weighted by Crippen LogP contribution is -2.22. The molecule has 0 radical (unpaired) electrons. The lowest BCUT2D eigenvalue weighted by molar-refractivity contribution is -0.121. The van der Waals surface area contributed by atoms with Crippen LogP contribution in [-0.2, 0) is 11.3 Å². The van der Waals surface area contributed by atoms with Crippen molar-refractivity contribution in [1.82, 2.24) is 5.32 Å². The fourth-order valence-corrected chi connectivity index (χ4v) is 2.69. The van der Waals surface area contributed by atoms with E-state index in [9.17, 15) is 9.59 Å². The first kappa shape index (κ1) is 21.3. The summed E-state index contributed by atoms with van der Waals surface area (Å²) in [6, 6.07) is 11.4. The van der Waals surface area contributed by atoms with Crippen molar-refractivity contribution in [3.63, 3.8) is 0 Å². The minimum absolute atomic E-state index is 0.0271. The smallest absolute Gasteiger partial charge is 0.220 e. The van der Waals surface area contributed by atoms with Gasteiger partial charge in [0.05, 0.1) is 26.4 Å². The predicted molar refractivity (Wildman–Crippen MR) is 107 cm³/mol. The quantitative estimate of drug-likeness (QED) is 0.472. The van der Waals surface area contributed by atoms with Gasteiger partial charge in [0, 0.05) is 25.1 Å². The van der Waals surface area contributed by atoms with Gasteiger partial charge in [0.25, 0.3) is 0 Å². The van der Waals surface area contributed by atoms with Crippen molar-refractivity contribution >= 4 is 12.2 Å². The van der Waals surface area contributed by atoms with Crippen molar-refractivity contribution in [2.24, 2.45) is 0 Å². The summed E-state index contributed by atoms with van der Waals surface area (Å²) < 4.78 is 16.1. The number of carbonyl (C=O) groups excluding carboxylic acids is 2. The highest BCUT2D eigenvalue weighted by Crippen LogP contribution is 2.32. The molecule has 0 fully saturated rings. The maximum absolute atomic E-state index is 11.9. The average molecular weight is 385 g/mol. The number of hydrogen-bond acceptors (Lipinski definition) is 5. The number of amides is 1. The normalized spacial score (nSPS) is 10.2. The molecule has 0 saturated heterocycles. The average Bonchev–Trinajstić information content (AvgIpc) is 2.72. The van der Waals surface area contributed by atoms with E-state index < -0.39 is 0 Å². The number of nitrogens with one attached hydrogen (secondary N) is 1. The number of methoxy groups -OCH3 is 2. The molecule has 0 aliphatic heterocycles. The van der Waals surface area contributed by atoms with E-state index in [0.717, 1.165) is 18.4 Å². The fourth-order valence-electron chi connectivity index (χ4n) is 2.69. The van der Waals surface area contributed by atoms with E-state index in [1.807, 2.05) is 31.2 Å². The summed E-state index contributed by atoms with van der Waals surface area (Å²) in [6.07, 6.45) is 2.60. The number of unbranched alkanes of at least 4 members (excludes halogenated alkanes) is 1. The molecule has 0 aliphatic rings. The summed E-state index contributed by atoms with van der Waals surface area (Å²) in [4.78, 5) is 23.1. The van der Waals surface area contributed by atoms with Crippen LogP contribution < -0.4 is 19.5 Å². The topological polar surface area (TPSA) is 73.9 Å². The molecule has 0 aliphatic carbocycles. The van der Waals surface area contributed by atoms with Crippen LogP contribution in [0, 0.1) is 6.92 Å². The van der Waals surface area contributed by atoms with E-state index in [1.54, 1.807) is 12.1 Å². The molecule has 0 atom stereocenters. The Bertz CT molecular complexity index is 761. The summed E-state index contributed by atoms with van der Waals surface area (Å²) in [5.74, 6) is 1.39. The molecule has 0 saturated carbocycles. The third kappa shape index (κ3) is 6.30. The van der Waals surface area contributed by atoms with Gasteiger partial charge in [0.2, 0.25) is 5.91 Å². The molecular formula is C22H27NO5. The number of ether oxygens (including phenoxy) is 3. The van der Waals surface area contributed by atoms with Crippen LogP contribution in [0.5, 0.6) is 17.2 Å². The zero-order valence-electron chi connectivity index (χ0n) is 16.6. The molecule has 0 unspecified atom stereocenters. The number of carbonyl (C=O) groups is 2. The van der Waals surface area contributed by atoms with Crippen LogP contribution in [0.1, 0.15) is 40.7 Å². The maximum atomic E-state index is 11.9. The van der Waals surface area contributed by atoms with Crippen LogP contribution in [0.4, 0.5) is 0 Å². The van der Waals surface area contributed by atoms with Gasteiger partial charge in [-0.1, -0.05) is 29.8 Å². The Hall–Kier alpha value is -3.02. The standard InChI is InChI=1S/C22H27NO5/c1-16-7-9-17(10-8-16)14-23-22(25)6-4-5-11-28-18-12-20(26-2)19(15-24)21(13-18)27-3/h7-10,12-13,15H,4-6,11,14H2,1-3H3,(H,23,25). The molecular weight excluding hydrogens is 358 g/mol. The predicted octanol–water partition coefficient (Wildman–Crippen LogP) is 3.69. The number of aryl methyl sites for hydroxylation is 1. The fraction of sp³-hybridized carbons (Fsp3) is 0.364. The largest absolute Gasteiger partial charge is 0.496 e. The zero-order chi connectivity index (χ0) is 20.4. The van der Waals surface area contributed by atoms with Gasteiger partial charge in [-0.2, -0.15) is 0 Å². The Balaban J connectivity index is 1.71. The Kier molecular flexibility index (Phi) is 8.34. The van der Waals surface area contributed by atoms with E-state index >= 15 is 0 Å². The molecule has 0 aromatic heterocycles. The summed E-state index contributed by atoms with van der Waals surface area (Å²) in [7, 11) is 2.97. The molecule has 0 heterocycles. The highest BCUT2D eigenvalue weighted by molar-refractivity contribution is 5.84. The number of hydrogen-bond donors (Lipinski definition) is 1. The van der Waals surface area contributed by atoms with Gasteiger partial charge >= 0.3 is 0 Å². The van der Waals surface area contributed by atoms with Crippen molar-refractivity contribution in [2.75, 3.05) is 20.8 Å². The third-order valence-electron chi connectivity index (χ3n) is 4.31. The van der Waals surface area contributed by atoms with Gasteiger partial charge in [-0.15, -0.1) is 0 Å². The minimum atomic E-state index is 0.0271. The SMILES string of the molecule is COc1cc(OCCCCC(=O)NCc2ccc(C)cc2)cc(OC)c1C=O. The van der Waals surface area contributed by atoms with Crippen LogP contribution in [0.15, 0.2) is 36.4 Å². The Morgan fingerprint density at radius 1 is 1.04 bits per heavy atom. The lowest BCUT2D eigenvalue weighted by Gasteiger charge is -2.13. The second-order valence-corrected chi connectivity index (χ2v) is 6.43. The highest BCUT2D eigenvalue weighted by atomic mass is 16.5. The molecule has 2 aromatic rings. The number of aldehydes is 1. The Morgan fingerprint density at radius 2 is 1.68 bits per heavy atom. The molecule has 28 heavy (non-hydrogen) atoms. The van der Waals surface area contributed by atoms with Gasteiger partial charge in [-0.25, -0.2) is 0 Å². The molecule has 1 amide bonds. The van der Waals surface area contributed by atoms with Crippen molar-refractivity contribution in [2.45, 2.75) is 32.7 Å². The summed E-state index contributed by atoms with van der Waals surface area (Å²) in [6.45, 7) is 3.03. The summed E-state index contributed by atoms with van der Waals surface area (Å²) in [5, 5.41) is 2.92. The van der Waals surface area contributed by atoms with Gasteiger partial charge in [-0.05, 0) is 25.3 Å². The molecule has 2 aromatic carbocycles. The molecule has 1 N–H and O–H groups in total. The van der Waals surface area contributed by atoms with E-state index in [2.05, 4.69) is 5.32 Å². The first-order chi connectivity index (χ1) is 13.6. The van der Waals surface area contributed by atoms with Crippen molar-refractivity contribution in [1.29, 1.82) is 0 Å². The van der Waals surface area contributed by atoms with E-state index in [-0.39, 0.29) is 5.91 Å². The Morgan fingerprint density at radius 3 is 2.25 bits per heavy atom. The highest BCUT2D eigenvalue weighted by Gasteiger charge is 2.12. The Labute approximate surface area is 165 Å². The number of rotatable bonds is 11. The van der Waals surface area contributed by atoms with Crippen LogP contribution in [0.25, 0.3) is 0 Å². The van der Waals surface area contributed by atoms with Crippen molar-refractivity contribution in [3.05, 3.63) is 53.1 Å². The monoisotopic (exact) mass is 385 g/mol. The zero-order valence-corrected chi connectivity index (χ0v) is 16.6. The second kappa shape index (κ2) is 11.0. The van der Waals surface area contributed by atoms with Crippen LogP contribution in [0.2, 0.25) is 0 Å². The minimum Gasteiger partial charge on any atom is -0.496 e. The molecule has 0 spiro atoms. The van der Waals surface area contributed by atoms with Gasteiger partial charge in [-0.3, -0.25) is 9.59 Å². The van der Waals surface area contributed by atoms with Crippen molar-refractivity contribution < 1.29 is 23.8 Å². The first-order valence-corrected chi connectivity index (χ1v) is 9.23. The van der Waals surface area contributed by atoms with Gasteiger partial charge in [0.1, 0.15) is 17.2 Å². The lowest BCUT2D eigenvalue weighted by atomic mass is 10.1. The maximum Gasteiger partial charge on any atom is 0.220 e. The molecule has 0 bridgehead atoms. The first-order valence-electron chi connectivity index (χ1n) is 9.23. The second-order valence-electron chi connectivity index (χ2n) is 6.43. The van der Waals surface area contributed by atoms with Gasteiger partial charge < -0.3 is 19.5 Å². The molecule has 6 heteroatoms. The van der Waals surface area contributed by atoms with E-state index in [1.165, 1.54) is 19.8 Å². The molecule has 6 nitrogen and oxygen atoms in total. The molecule has 2 rings (SSSR count). The summed E-state index contributed by atoms with van der Waals surface area (Å²) >= 11 is 0. The van der Waals surface area contributed by atoms with Gasteiger partial charge in [0.15, 0.2) is 6.29 Å².